The molecular formula is C62H105NO8P+. The zero-order valence-corrected chi connectivity index (χ0v) is 47.3. The average molecular weight is 1020 g/mol. The largest absolute Gasteiger partial charge is 0.472 e. The van der Waals surface area contributed by atoms with Gasteiger partial charge in [-0.3, -0.25) is 18.6 Å². The van der Waals surface area contributed by atoms with Gasteiger partial charge in [-0.15, -0.1) is 0 Å². The van der Waals surface area contributed by atoms with Crippen molar-refractivity contribution in [3.8, 4) is 0 Å². The molecule has 1 N–H and O–H groups in total. The van der Waals surface area contributed by atoms with E-state index in [2.05, 4.69) is 135 Å². The molecule has 0 bridgehead atoms. The van der Waals surface area contributed by atoms with E-state index in [1.54, 1.807) is 0 Å². The predicted molar refractivity (Wildman–Crippen MR) is 307 cm³/mol. The summed E-state index contributed by atoms with van der Waals surface area (Å²) >= 11 is 0. The van der Waals surface area contributed by atoms with Gasteiger partial charge in [0.1, 0.15) is 19.8 Å². The number of carbonyl (C=O) groups is 2. The standard InChI is InChI=1S/C62H104NO8P/c1-6-8-10-12-14-16-18-19-20-21-22-23-24-25-26-27-28-29-30-31-32-33-34-35-36-37-38-39-40-41-42-43-45-47-49-51-53-55-62(65)71-60(59-70-72(66,67)69-57-56-63(3,4)5)58-68-61(64)54-52-50-48-46-44-17-15-13-11-9-7-2/h8,10,13-16,19-20,22-23,25-26,28-29,31-32,34-35,37-38,60H,6-7,9,11-12,17-18,21,24,27,30,33,36,39-59H2,1-5H3/p+1/b10-8-,15-13-,16-14-,20-19-,23-22-,26-25-,29-28-,32-31-,35-34-,38-37-. The van der Waals surface area contributed by atoms with Gasteiger partial charge in [0.25, 0.3) is 0 Å². The minimum atomic E-state index is -4.39. The fraction of sp³-hybridized carbons (Fsp3) is 0.645. The van der Waals surface area contributed by atoms with Crippen LogP contribution in [0.4, 0.5) is 0 Å². The molecule has 2 atom stereocenters. The third kappa shape index (κ3) is 55.7. The molecule has 0 aliphatic rings. The first-order valence-corrected chi connectivity index (χ1v) is 29.8. The number of carbonyl (C=O) groups excluding carboxylic acids is 2. The van der Waals surface area contributed by atoms with Gasteiger partial charge < -0.3 is 18.9 Å². The normalized spacial score (nSPS) is 14.2. The lowest BCUT2D eigenvalue weighted by Crippen LogP contribution is -2.37. The quantitative estimate of drug-likeness (QED) is 0.0211. The molecule has 0 rings (SSSR count). The van der Waals surface area contributed by atoms with E-state index in [0.29, 0.717) is 17.4 Å². The lowest BCUT2D eigenvalue weighted by molar-refractivity contribution is -0.870. The van der Waals surface area contributed by atoms with Crippen molar-refractivity contribution in [2.45, 2.75) is 213 Å². The van der Waals surface area contributed by atoms with Crippen LogP contribution < -0.4 is 0 Å². The SMILES string of the molecule is CC/C=C\C/C=C\C/C=C\C/C=C\C/C=C\C/C=C\C/C=C\C/C=C\C/C=C\CCCCCCCCCCCC(=O)OC(COC(=O)CCCCCCC/C=C\CCCC)COP(=O)(O)OCC[N+](C)(C)C. The molecule has 0 radical (unpaired) electrons. The Labute approximate surface area is 441 Å². The summed E-state index contributed by atoms with van der Waals surface area (Å²) in [5.74, 6) is -0.825. The van der Waals surface area contributed by atoms with E-state index in [0.717, 1.165) is 128 Å². The van der Waals surface area contributed by atoms with Crippen LogP contribution in [0.3, 0.4) is 0 Å². The third-order valence-electron chi connectivity index (χ3n) is 11.5. The second kappa shape index (κ2) is 52.3. The Balaban J connectivity index is 4.11. The van der Waals surface area contributed by atoms with E-state index in [1.165, 1.54) is 44.9 Å². The number of likely N-dealkylation sites (N-methyl/N-ethyl adjacent to an activating group) is 1. The van der Waals surface area contributed by atoms with Crippen molar-refractivity contribution in [3.63, 3.8) is 0 Å². The van der Waals surface area contributed by atoms with Gasteiger partial charge >= 0.3 is 19.8 Å². The monoisotopic (exact) mass is 1020 g/mol. The molecule has 0 fully saturated rings. The van der Waals surface area contributed by atoms with Crippen molar-refractivity contribution >= 4 is 19.8 Å². The predicted octanol–water partition coefficient (Wildman–Crippen LogP) is 17.6. The molecule has 410 valence electrons. The zero-order valence-electron chi connectivity index (χ0n) is 46.4. The average Bonchev–Trinajstić information content (AvgIpc) is 3.34. The maximum Gasteiger partial charge on any atom is 0.472 e. The number of nitrogens with zero attached hydrogens (tertiary/aromatic N) is 1. The van der Waals surface area contributed by atoms with E-state index >= 15 is 0 Å². The molecule has 0 amide bonds. The molecule has 0 aliphatic carbocycles. The summed E-state index contributed by atoms with van der Waals surface area (Å²) in [6.45, 7) is 4.24. The first kappa shape index (κ1) is 68.4. The van der Waals surface area contributed by atoms with Crippen molar-refractivity contribution in [2.75, 3.05) is 47.5 Å². The third-order valence-corrected chi connectivity index (χ3v) is 12.5. The fourth-order valence-electron chi connectivity index (χ4n) is 7.10. The molecule has 2 unspecified atom stereocenters. The Morgan fingerprint density at radius 2 is 0.792 bits per heavy atom. The van der Waals surface area contributed by atoms with Crippen LogP contribution in [-0.2, 0) is 32.7 Å². The first-order valence-electron chi connectivity index (χ1n) is 28.3. The van der Waals surface area contributed by atoms with Crippen LogP contribution in [0.5, 0.6) is 0 Å². The van der Waals surface area contributed by atoms with E-state index in [-0.39, 0.29) is 32.0 Å². The number of hydrogen-bond donors (Lipinski definition) is 1. The smallest absolute Gasteiger partial charge is 0.462 e. The maximum atomic E-state index is 12.8. The van der Waals surface area contributed by atoms with Crippen molar-refractivity contribution in [3.05, 3.63) is 122 Å². The van der Waals surface area contributed by atoms with Crippen LogP contribution in [0.2, 0.25) is 0 Å². The molecule has 0 heterocycles. The topological polar surface area (TPSA) is 108 Å². The van der Waals surface area contributed by atoms with Crippen LogP contribution in [-0.4, -0.2) is 74.9 Å². The highest BCUT2D eigenvalue weighted by atomic mass is 31.2. The van der Waals surface area contributed by atoms with Gasteiger partial charge in [-0.05, 0) is 103 Å². The number of unbranched alkanes of at least 4 members (excludes halogenated alkanes) is 16. The van der Waals surface area contributed by atoms with Crippen LogP contribution in [0, 0.1) is 0 Å². The Morgan fingerprint density at radius 1 is 0.444 bits per heavy atom. The van der Waals surface area contributed by atoms with Gasteiger partial charge in [0.2, 0.25) is 0 Å². The number of esters is 2. The van der Waals surface area contributed by atoms with Crippen LogP contribution >= 0.6 is 7.82 Å². The first-order chi connectivity index (χ1) is 35.0. The Bertz CT molecular complexity index is 1630. The van der Waals surface area contributed by atoms with Gasteiger partial charge in [-0.25, -0.2) is 4.57 Å². The molecule has 0 spiro atoms. The number of phosphoric acid groups is 1. The van der Waals surface area contributed by atoms with E-state index in [9.17, 15) is 19.0 Å². The summed E-state index contributed by atoms with van der Waals surface area (Å²) in [4.78, 5) is 35.5. The van der Waals surface area contributed by atoms with Gasteiger partial charge in [-0.2, -0.15) is 0 Å². The molecule has 0 saturated carbocycles. The van der Waals surface area contributed by atoms with E-state index in [4.69, 9.17) is 18.5 Å². The fourth-order valence-corrected chi connectivity index (χ4v) is 7.85. The number of rotatable bonds is 50. The lowest BCUT2D eigenvalue weighted by atomic mass is 10.1. The summed E-state index contributed by atoms with van der Waals surface area (Å²) in [5, 5.41) is 0. The highest BCUT2D eigenvalue weighted by molar-refractivity contribution is 7.47. The summed E-state index contributed by atoms with van der Waals surface area (Å²) in [7, 11) is 1.45. The van der Waals surface area contributed by atoms with Gasteiger partial charge in [-0.1, -0.05) is 212 Å². The minimum absolute atomic E-state index is 0.0236. The van der Waals surface area contributed by atoms with Crippen molar-refractivity contribution in [2.24, 2.45) is 0 Å². The maximum absolute atomic E-state index is 12.8. The van der Waals surface area contributed by atoms with Gasteiger partial charge in [0.05, 0.1) is 27.7 Å². The Kier molecular flexibility index (Phi) is 49.7. The molecule has 72 heavy (non-hydrogen) atoms. The minimum Gasteiger partial charge on any atom is -0.462 e. The van der Waals surface area contributed by atoms with Crippen LogP contribution in [0.25, 0.3) is 0 Å². The van der Waals surface area contributed by atoms with Crippen LogP contribution in [0.15, 0.2) is 122 Å². The van der Waals surface area contributed by atoms with Crippen molar-refractivity contribution in [1.29, 1.82) is 0 Å². The molecule has 0 aromatic heterocycles. The summed E-state index contributed by atoms with van der Waals surface area (Å²) in [5.41, 5.74) is 0. The Morgan fingerprint density at radius 3 is 1.19 bits per heavy atom. The van der Waals surface area contributed by atoms with E-state index in [1.807, 2.05) is 21.1 Å². The highest BCUT2D eigenvalue weighted by Gasteiger charge is 2.27. The van der Waals surface area contributed by atoms with E-state index < -0.39 is 26.5 Å². The summed E-state index contributed by atoms with van der Waals surface area (Å²) in [6, 6.07) is 0. The lowest BCUT2D eigenvalue weighted by Gasteiger charge is -2.24. The number of phosphoric ester groups is 1. The molecule has 10 heteroatoms. The number of allylic oxidation sites excluding steroid dienone is 20. The van der Waals surface area contributed by atoms with Crippen LogP contribution in [0.1, 0.15) is 206 Å². The summed E-state index contributed by atoms with van der Waals surface area (Å²) in [6.07, 6.45) is 74.2. The van der Waals surface area contributed by atoms with Crippen molar-refractivity contribution < 1.29 is 42.1 Å². The second-order valence-corrected chi connectivity index (χ2v) is 21.0. The van der Waals surface area contributed by atoms with Crippen molar-refractivity contribution in [1.82, 2.24) is 0 Å². The van der Waals surface area contributed by atoms with Gasteiger partial charge in [0.15, 0.2) is 6.10 Å². The number of quaternary nitrogens is 1. The molecule has 0 aromatic carbocycles. The highest BCUT2D eigenvalue weighted by Crippen LogP contribution is 2.43. The Hall–Kier alpha value is -3.59. The molecule has 0 saturated heterocycles. The summed E-state index contributed by atoms with van der Waals surface area (Å²) < 4.78 is 34.4. The zero-order chi connectivity index (χ0) is 52.7. The molecular weight excluding hydrogens is 918 g/mol. The van der Waals surface area contributed by atoms with Gasteiger partial charge in [0, 0.05) is 12.8 Å². The molecule has 0 aliphatic heterocycles. The molecule has 9 nitrogen and oxygen atoms in total. The molecule has 0 aromatic rings. The second-order valence-electron chi connectivity index (χ2n) is 19.6. The number of hydrogen-bond acceptors (Lipinski definition) is 7. The number of ether oxygens (including phenoxy) is 2.